The summed E-state index contributed by atoms with van der Waals surface area (Å²) in [7, 11) is -2.95. The third kappa shape index (κ3) is 2.44. The van der Waals surface area contributed by atoms with E-state index in [2.05, 4.69) is 17.4 Å². The Kier molecular flexibility index (Phi) is 3.30. The Morgan fingerprint density at radius 1 is 1.50 bits per heavy atom. The average molecular weight is 244 g/mol. The maximum Gasteiger partial charge on any atom is 0.155 e. The minimum atomic E-state index is -2.95. The third-order valence-electron chi connectivity index (χ3n) is 2.67. The zero-order valence-electron chi connectivity index (χ0n) is 9.32. The molecule has 0 amide bonds. The lowest BCUT2D eigenvalue weighted by Gasteiger charge is -2.10. The number of nitrogens with zero attached hydrogens (tertiary/aromatic N) is 1. The minimum Gasteiger partial charge on any atom is -0.361 e. The van der Waals surface area contributed by atoms with Gasteiger partial charge in [-0.3, -0.25) is 0 Å². The maximum atomic E-state index is 11.5. The normalized spacial score (nSPS) is 18.3. The summed E-state index contributed by atoms with van der Waals surface area (Å²) in [6.07, 6.45) is 1.50. The first-order chi connectivity index (χ1) is 7.62. The Labute approximate surface area is 95.1 Å². The number of rotatable bonds is 4. The number of sulfone groups is 1. The van der Waals surface area contributed by atoms with Crippen LogP contribution < -0.4 is 5.32 Å². The minimum absolute atomic E-state index is 0.0783. The molecule has 1 aliphatic rings. The molecule has 16 heavy (non-hydrogen) atoms. The van der Waals surface area contributed by atoms with Crippen molar-refractivity contribution in [3.63, 3.8) is 0 Å². The standard InChI is InChI=1S/C10H16N2O3S/c1-2-4-11-6-9-8-7-16(13,14)5-3-10(8)15-12-9/h11H,2-7H2,1H3. The molecule has 0 spiro atoms. The van der Waals surface area contributed by atoms with Crippen LogP contribution in [0.3, 0.4) is 0 Å². The molecular weight excluding hydrogens is 228 g/mol. The number of aryl methyl sites for hydroxylation is 1. The molecule has 0 bridgehead atoms. The van der Waals surface area contributed by atoms with E-state index in [0.29, 0.717) is 13.0 Å². The zero-order chi connectivity index (χ0) is 11.6. The van der Waals surface area contributed by atoms with Gasteiger partial charge in [0.25, 0.3) is 0 Å². The van der Waals surface area contributed by atoms with Crippen LogP contribution >= 0.6 is 0 Å². The lowest BCUT2D eigenvalue weighted by atomic mass is 10.1. The van der Waals surface area contributed by atoms with Crippen LogP contribution in [0.4, 0.5) is 0 Å². The molecule has 6 heteroatoms. The van der Waals surface area contributed by atoms with Crippen molar-refractivity contribution in [2.24, 2.45) is 0 Å². The summed E-state index contributed by atoms with van der Waals surface area (Å²) < 4.78 is 28.2. The van der Waals surface area contributed by atoms with Crippen molar-refractivity contribution >= 4 is 9.84 Å². The molecule has 0 saturated heterocycles. The van der Waals surface area contributed by atoms with E-state index < -0.39 is 9.84 Å². The molecule has 1 aromatic rings. The number of hydrogen-bond acceptors (Lipinski definition) is 5. The van der Waals surface area contributed by atoms with Crippen molar-refractivity contribution in [1.82, 2.24) is 10.5 Å². The van der Waals surface area contributed by atoms with E-state index in [4.69, 9.17) is 4.52 Å². The highest BCUT2D eigenvalue weighted by molar-refractivity contribution is 7.90. The van der Waals surface area contributed by atoms with E-state index in [9.17, 15) is 8.42 Å². The highest BCUT2D eigenvalue weighted by atomic mass is 32.2. The second-order valence-electron chi connectivity index (χ2n) is 4.05. The van der Waals surface area contributed by atoms with Crippen LogP contribution in [0.25, 0.3) is 0 Å². The monoisotopic (exact) mass is 244 g/mol. The first-order valence-electron chi connectivity index (χ1n) is 5.50. The van der Waals surface area contributed by atoms with Gasteiger partial charge in [0.2, 0.25) is 0 Å². The summed E-state index contributed by atoms with van der Waals surface area (Å²) in [5, 5.41) is 7.13. The fourth-order valence-corrected chi connectivity index (χ4v) is 3.21. The molecule has 2 heterocycles. The van der Waals surface area contributed by atoms with Gasteiger partial charge in [-0.1, -0.05) is 12.1 Å². The smallest absolute Gasteiger partial charge is 0.155 e. The van der Waals surface area contributed by atoms with Gasteiger partial charge < -0.3 is 9.84 Å². The Morgan fingerprint density at radius 3 is 3.06 bits per heavy atom. The number of hydrogen-bond donors (Lipinski definition) is 1. The second-order valence-corrected chi connectivity index (χ2v) is 6.23. The first-order valence-corrected chi connectivity index (χ1v) is 7.32. The molecular formula is C10H16N2O3S. The zero-order valence-corrected chi connectivity index (χ0v) is 10.1. The van der Waals surface area contributed by atoms with Gasteiger partial charge in [-0.2, -0.15) is 0 Å². The molecule has 0 aliphatic carbocycles. The quantitative estimate of drug-likeness (QED) is 0.787. The summed E-state index contributed by atoms with van der Waals surface area (Å²) in [4.78, 5) is 0. The van der Waals surface area contributed by atoms with Crippen molar-refractivity contribution in [3.8, 4) is 0 Å². The van der Waals surface area contributed by atoms with Gasteiger partial charge in [-0.25, -0.2) is 8.42 Å². The summed E-state index contributed by atoms with van der Waals surface area (Å²) in [6.45, 7) is 3.56. The molecule has 2 rings (SSSR count). The largest absolute Gasteiger partial charge is 0.361 e. The fourth-order valence-electron chi connectivity index (χ4n) is 1.80. The lowest BCUT2D eigenvalue weighted by molar-refractivity contribution is 0.377. The average Bonchev–Trinajstić information content (AvgIpc) is 2.60. The Balaban J connectivity index is 2.14. The Morgan fingerprint density at radius 2 is 2.31 bits per heavy atom. The molecule has 1 aromatic heterocycles. The molecule has 0 unspecified atom stereocenters. The van der Waals surface area contributed by atoms with Gasteiger partial charge in [0.1, 0.15) is 11.5 Å². The molecule has 0 saturated carbocycles. The number of aromatic nitrogens is 1. The summed E-state index contributed by atoms with van der Waals surface area (Å²) in [6, 6.07) is 0. The van der Waals surface area contributed by atoms with Crippen molar-refractivity contribution < 1.29 is 12.9 Å². The number of fused-ring (bicyclic) bond motifs is 1. The highest BCUT2D eigenvalue weighted by Crippen LogP contribution is 2.23. The van der Waals surface area contributed by atoms with Gasteiger partial charge in [0, 0.05) is 18.5 Å². The van der Waals surface area contributed by atoms with Gasteiger partial charge in [0.05, 0.1) is 11.5 Å². The van der Waals surface area contributed by atoms with E-state index in [1.807, 2.05) is 0 Å². The van der Waals surface area contributed by atoms with Crippen LogP contribution in [-0.2, 0) is 28.6 Å². The summed E-state index contributed by atoms with van der Waals surface area (Å²) in [5.74, 6) is 0.995. The topological polar surface area (TPSA) is 72.2 Å². The van der Waals surface area contributed by atoms with Crippen molar-refractivity contribution in [2.75, 3.05) is 12.3 Å². The molecule has 5 nitrogen and oxygen atoms in total. The summed E-state index contributed by atoms with van der Waals surface area (Å²) >= 11 is 0. The van der Waals surface area contributed by atoms with Crippen LogP contribution in [0.2, 0.25) is 0 Å². The van der Waals surface area contributed by atoms with Crippen LogP contribution in [0.5, 0.6) is 0 Å². The predicted octanol–water partition coefficient (Wildman–Crippen LogP) is 0.645. The molecule has 0 radical (unpaired) electrons. The van der Waals surface area contributed by atoms with Gasteiger partial charge in [-0.05, 0) is 13.0 Å². The first kappa shape index (κ1) is 11.6. The van der Waals surface area contributed by atoms with E-state index >= 15 is 0 Å². The summed E-state index contributed by atoms with van der Waals surface area (Å²) in [5.41, 5.74) is 1.52. The van der Waals surface area contributed by atoms with Crippen molar-refractivity contribution in [1.29, 1.82) is 0 Å². The van der Waals surface area contributed by atoms with Crippen LogP contribution in [0.15, 0.2) is 4.52 Å². The predicted molar refractivity (Wildman–Crippen MR) is 59.7 cm³/mol. The molecule has 0 aromatic carbocycles. The van der Waals surface area contributed by atoms with Crippen LogP contribution in [0, 0.1) is 0 Å². The Hall–Kier alpha value is -0.880. The molecule has 0 fully saturated rings. The lowest BCUT2D eigenvalue weighted by Crippen LogP contribution is -2.20. The maximum absolute atomic E-state index is 11.5. The highest BCUT2D eigenvalue weighted by Gasteiger charge is 2.27. The molecule has 1 N–H and O–H groups in total. The molecule has 90 valence electrons. The van der Waals surface area contributed by atoms with E-state index in [1.165, 1.54) is 0 Å². The SMILES string of the molecule is CCCNCc1noc2c1CS(=O)(=O)CC2. The van der Waals surface area contributed by atoms with Crippen LogP contribution in [0.1, 0.15) is 30.4 Å². The fraction of sp³-hybridized carbons (Fsp3) is 0.700. The van der Waals surface area contributed by atoms with Gasteiger partial charge in [0.15, 0.2) is 9.84 Å². The Bertz CT molecular complexity index is 464. The van der Waals surface area contributed by atoms with Crippen molar-refractivity contribution in [3.05, 3.63) is 17.0 Å². The van der Waals surface area contributed by atoms with Gasteiger partial charge in [-0.15, -0.1) is 0 Å². The molecule has 0 atom stereocenters. The van der Waals surface area contributed by atoms with Crippen LogP contribution in [-0.4, -0.2) is 25.9 Å². The van der Waals surface area contributed by atoms with Gasteiger partial charge >= 0.3 is 0 Å². The third-order valence-corrected chi connectivity index (χ3v) is 4.23. The van der Waals surface area contributed by atoms with E-state index in [1.54, 1.807) is 0 Å². The van der Waals surface area contributed by atoms with Crippen molar-refractivity contribution in [2.45, 2.75) is 32.1 Å². The number of nitrogens with one attached hydrogen (secondary N) is 1. The second kappa shape index (κ2) is 4.55. The van der Waals surface area contributed by atoms with E-state index in [-0.39, 0.29) is 11.5 Å². The molecule has 1 aliphatic heterocycles. The van der Waals surface area contributed by atoms with E-state index in [0.717, 1.165) is 30.0 Å².